The zero-order valence-electron chi connectivity index (χ0n) is 11.4. The molecule has 1 rings (SSSR count). The number of aliphatic hydroxyl groups is 1. The van der Waals surface area contributed by atoms with Crippen molar-refractivity contribution in [3.05, 3.63) is 24.3 Å². The summed E-state index contributed by atoms with van der Waals surface area (Å²) in [5, 5.41) is 20.1. The number of nitrogens with zero attached hydrogens (tertiary/aromatic N) is 1. The van der Waals surface area contributed by atoms with Crippen LogP contribution in [0.1, 0.15) is 6.92 Å². The molecule has 2 amide bonds. The molecule has 0 aliphatic rings. The second-order valence-electron chi connectivity index (χ2n) is 4.28. The van der Waals surface area contributed by atoms with Crippen LogP contribution in [0.5, 0.6) is 5.75 Å². The minimum absolute atomic E-state index is 0.119. The second-order valence-corrected chi connectivity index (χ2v) is 4.28. The first kappa shape index (κ1) is 15.8. The molecule has 0 spiro atoms. The third kappa shape index (κ3) is 4.77. The summed E-state index contributed by atoms with van der Waals surface area (Å²) in [6, 6.07) is 5.71. The van der Waals surface area contributed by atoms with Gasteiger partial charge in [0, 0.05) is 12.7 Å². The number of rotatable bonds is 6. The number of nitrogens with one attached hydrogen (secondary N) is 1. The number of aliphatic hydroxyl groups excluding tert-OH is 1. The quantitative estimate of drug-likeness (QED) is 0.722. The number of anilines is 1. The summed E-state index contributed by atoms with van der Waals surface area (Å²) in [5.74, 6) is -0.649. The number of amides is 2. The average Bonchev–Trinajstić information content (AvgIpc) is 2.44. The van der Waals surface area contributed by atoms with E-state index in [0.717, 1.165) is 0 Å². The van der Waals surface area contributed by atoms with Gasteiger partial charge in [-0.05, 0) is 31.2 Å². The zero-order chi connectivity index (χ0) is 15.1. The monoisotopic (exact) mass is 282 g/mol. The highest BCUT2D eigenvalue weighted by Crippen LogP contribution is 2.16. The molecule has 7 nitrogen and oxygen atoms in total. The molecule has 0 aliphatic carbocycles. The molecular formula is C13H18N2O5. The van der Waals surface area contributed by atoms with Gasteiger partial charge in [-0.2, -0.15) is 0 Å². The molecule has 0 saturated carbocycles. The third-order valence-corrected chi connectivity index (χ3v) is 2.71. The van der Waals surface area contributed by atoms with Crippen LogP contribution in [0.4, 0.5) is 10.5 Å². The lowest BCUT2D eigenvalue weighted by Crippen LogP contribution is -2.40. The number of carboxylic acid groups (broad SMARTS) is 1. The molecule has 110 valence electrons. The van der Waals surface area contributed by atoms with Crippen molar-refractivity contribution in [2.45, 2.75) is 13.0 Å². The van der Waals surface area contributed by atoms with Crippen molar-refractivity contribution < 1.29 is 24.5 Å². The topological polar surface area (TPSA) is 99.1 Å². The van der Waals surface area contributed by atoms with E-state index in [0.29, 0.717) is 11.4 Å². The minimum atomic E-state index is -1.05. The van der Waals surface area contributed by atoms with Crippen LogP contribution in [0.3, 0.4) is 0 Å². The molecule has 0 fully saturated rings. The van der Waals surface area contributed by atoms with Gasteiger partial charge in [0.05, 0.1) is 12.6 Å². The maximum atomic E-state index is 11.8. The number of aliphatic carboxylic acids is 1. The zero-order valence-corrected chi connectivity index (χ0v) is 11.4. The molecule has 7 heteroatoms. The number of hydrogen-bond donors (Lipinski definition) is 3. The number of urea groups is 1. The number of ether oxygens (including phenoxy) is 1. The number of hydrogen-bond acceptors (Lipinski definition) is 4. The van der Waals surface area contributed by atoms with Gasteiger partial charge in [0.15, 0.2) is 6.61 Å². The largest absolute Gasteiger partial charge is 0.482 e. The fourth-order valence-electron chi connectivity index (χ4n) is 1.31. The lowest BCUT2D eigenvalue weighted by atomic mass is 10.3. The maximum absolute atomic E-state index is 11.8. The highest BCUT2D eigenvalue weighted by atomic mass is 16.5. The number of benzene rings is 1. The summed E-state index contributed by atoms with van der Waals surface area (Å²) in [5.41, 5.74) is 0.551. The van der Waals surface area contributed by atoms with Crippen LogP contribution in [-0.2, 0) is 4.79 Å². The predicted molar refractivity (Wildman–Crippen MR) is 72.9 cm³/mol. The molecule has 0 aromatic heterocycles. The average molecular weight is 282 g/mol. The molecule has 0 radical (unpaired) electrons. The Balaban J connectivity index is 2.56. The molecule has 3 N–H and O–H groups in total. The Labute approximate surface area is 116 Å². The molecule has 0 bridgehead atoms. The normalized spacial score (nSPS) is 11.6. The van der Waals surface area contributed by atoms with Crippen molar-refractivity contribution in [1.82, 2.24) is 4.90 Å². The van der Waals surface area contributed by atoms with Gasteiger partial charge >= 0.3 is 12.0 Å². The minimum Gasteiger partial charge on any atom is -0.482 e. The van der Waals surface area contributed by atoms with Crippen LogP contribution in [0.2, 0.25) is 0 Å². The van der Waals surface area contributed by atoms with Gasteiger partial charge in [-0.25, -0.2) is 9.59 Å². The van der Waals surface area contributed by atoms with E-state index >= 15 is 0 Å². The summed E-state index contributed by atoms with van der Waals surface area (Å²) in [6.45, 7) is 1.19. The Kier molecular flexibility index (Phi) is 5.79. The van der Waals surface area contributed by atoms with Crippen molar-refractivity contribution in [3.63, 3.8) is 0 Å². The van der Waals surface area contributed by atoms with Gasteiger partial charge < -0.3 is 25.2 Å². The fraction of sp³-hybridized carbons (Fsp3) is 0.385. The molecule has 0 aliphatic heterocycles. The molecule has 20 heavy (non-hydrogen) atoms. The maximum Gasteiger partial charge on any atom is 0.341 e. The first-order valence-electron chi connectivity index (χ1n) is 6.03. The number of carbonyl (C=O) groups excluding carboxylic acids is 1. The Morgan fingerprint density at radius 1 is 1.35 bits per heavy atom. The Bertz CT molecular complexity index is 460. The van der Waals surface area contributed by atoms with Crippen molar-refractivity contribution in [1.29, 1.82) is 0 Å². The second kappa shape index (κ2) is 7.34. The van der Waals surface area contributed by atoms with Crippen molar-refractivity contribution in [3.8, 4) is 5.75 Å². The van der Waals surface area contributed by atoms with E-state index in [2.05, 4.69) is 5.32 Å². The van der Waals surface area contributed by atoms with Crippen LogP contribution in [0, 0.1) is 0 Å². The van der Waals surface area contributed by atoms with Gasteiger partial charge in [-0.3, -0.25) is 0 Å². The van der Waals surface area contributed by atoms with Gasteiger partial charge in [0.25, 0.3) is 0 Å². The summed E-state index contributed by atoms with van der Waals surface area (Å²) >= 11 is 0. The van der Waals surface area contributed by atoms with E-state index < -0.39 is 12.6 Å². The highest BCUT2D eigenvalue weighted by molar-refractivity contribution is 5.89. The number of likely N-dealkylation sites (N-methyl/N-ethyl adjacent to an activating group) is 1. The first-order valence-corrected chi connectivity index (χ1v) is 6.03. The highest BCUT2D eigenvalue weighted by Gasteiger charge is 2.14. The third-order valence-electron chi connectivity index (χ3n) is 2.71. The predicted octanol–water partition coefficient (Wildman–Crippen LogP) is 0.995. The van der Waals surface area contributed by atoms with Crippen molar-refractivity contribution >= 4 is 17.7 Å². The van der Waals surface area contributed by atoms with Crippen molar-refractivity contribution in [2.24, 2.45) is 0 Å². The molecular weight excluding hydrogens is 264 g/mol. The molecule has 1 atom stereocenters. The number of carbonyl (C=O) groups is 2. The molecule has 1 aromatic carbocycles. The summed E-state index contributed by atoms with van der Waals surface area (Å²) < 4.78 is 4.97. The molecule has 0 saturated heterocycles. The van der Waals surface area contributed by atoms with Gasteiger partial charge in [-0.1, -0.05) is 0 Å². The van der Waals surface area contributed by atoms with E-state index in [1.165, 1.54) is 4.90 Å². The first-order chi connectivity index (χ1) is 9.43. The van der Waals surface area contributed by atoms with E-state index in [9.17, 15) is 9.59 Å². The smallest absolute Gasteiger partial charge is 0.341 e. The standard InChI is InChI=1S/C13H18N2O5/c1-9(7-16)15(2)13(19)14-10-3-5-11(6-4-10)20-8-12(17)18/h3-6,9,16H,7-8H2,1-2H3,(H,14,19)(H,17,18). The lowest BCUT2D eigenvalue weighted by Gasteiger charge is -2.23. The van der Waals surface area contributed by atoms with Crippen LogP contribution >= 0.6 is 0 Å². The van der Waals surface area contributed by atoms with E-state index in [4.69, 9.17) is 14.9 Å². The van der Waals surface area contributed by atoms with Crippen molar-refractivity contribution in [2.75, 3.05) is 25.6 Å². The fourth-order valence-corrected chi connectivity index (χ4v) is 1.31. The van der Waals surface area contributed by atoms with Crippen LogP contribution < -0.4 is 10.1 Å². The summed E-state index contributed by atoms with van der Waals surface area (Å²) in [6.07, 6.45) is 0. The van der Waals surface area contributed by atoms with Gasteiger partial charge in [0.1, 0.15) is 5.75 Å². The summed E-state index contributed by atoms with van der Waals surface area (Å²) in [4.78, 5) is 23.5. The van der Waals surface area contributed by atoms with Crippen LogP contribution in [0.15, 0.2) is 24.3 Å². The van der Waals surface area contributed by atoms with Crippen LogP contribution in [0.25, 0.3) is 0 Å². The van der Waals surface area contributed by atoms with Gasteiger partial charge in [-0.15, -0.1) is 0 Å². The Morgan fingerprint density at radius 3 is 2.45 bits per heavy atom. The van der Waals surface area contributed by atoms with Gasteiger partial charge in [0.2, 0.25) is 0 Å². The SMILES string of the molecule is CC(CO)N(C)C(=O)Nc1ccc(OCC(=O)O)cc1. The molecule has 1 unspecified atom stereocenters. The van der Waals surface area contributed by atoms with E-state index in [-0.39, 0.29) is 18.7 Å². The molecule has 0 heterocycles. The number of carboxylic acids is 1. The Hall–Kier alpha value is -2.28. The van der Waals surface area contributed by atoms with Crippen LogP contribution in [-0.4, -0.2) is 53.4 Å². The summed E-state index contributed by atoms with van der Waals surface area (Å²) in [7, 11) is 1.58. The molecule has 1 aromatic rings. The Morgan fingerprint density at radius 2 is 1.95 bits per heavy atom. The van der Waals surface area contributed by atoms with E-state index in [1.54, 1.807) is 38.2 Å². The van der Waals surface area contributed by atoms with E-state index in [1.807, 2.05) is 0 Å². The lowest BCUT2D eigenvalue weighted by molar-refractivity contribution is -0.139.